The van der Waals surface area contributed by atoms with Gasteiger partial charge in [0.15, 0.2) is 0 Å². The molecule has 0 aromatic carbocycles. The molecular weight excluding hydrogens is 170 g/mol. The van der Waals surface area contributed by atoms with E-state index in [9.17, 15) is 9.59 Å². The molecule has 0 aromatic heterocycles. The number of rotatable bonds is 4. The number of hydrogen-bond acceptors (Lipinski definition) is 2. The van der Waals surface area contributed by atoms with Crippen molar-refractivity contribution < 1.29 is 14.7 Å². The van der Waals surface area contributed by atoms with E-state index in [1.807, 2.05) is 0 Å². The van der Waals surface area contributed by atoms with Crippen LogP contribution in [0.5, 0.6) is 0 Å². The van der Waals surface area contributed by atoms with Crippen molar-refractivity contribution in [2.45, 2.75) is 25.3 Å². The molecule has 4 heteroatoms. The number of nitrogens with one attached hydrogen (secondary N) is 1. The summed E-state index contributed by atoms with van der Waals surface area (Å²) in [6.45, 7) is 4.81. The summed E-state index contributed by atoms with van der Waals surface area (Å²) in [7, 11) is 0. The average molecular weight is 183 g/mol. The molecule has 4 nitrogen and oxygen atoms in total. The van der Waals surface area contributed by atoms with Crippen molar-refractivity contribution in [3.63, 3.8) is 0 Å². The summed E-state index contributed by atoms with van der Waals surface area (Å²) in [6.07, 6.45) is 2.81. The van der Waals surface area contributed by atoms with Gasteiger partial charge in [-0.1, -0.05) is 6.58 Å². The Morgan fingerprint density at radius 2 is 2.15 bits per heavy atom. The summed E-state index contributed by atoms with van der Waals surface area (Å²) in [5, 5.41) is 11.4. The molecule has 1 aliphatic rings. The van der Waals surface area contributed by atoms with Crippen molar-refractivity contribution in [1.82, 2.24) is 5.32 Å². The quantitative estimate of drug-likeness (QED) is 0.625. The number of carbonyl (C=O) groups excluding carboxylic acids is 1. The lowest BCUT2D eigenvalue weighted by atomic mass is 9.96. The van der Waals surface area contributed by atoms with Crippen LogP contribution in [0.3, 0.4) is 0 Å². The molecule has 1 saturated carbocycles. The zero-order chi connectivity index (χ0) is 10.1. The highest BCUT2D eigenvalue weighted by atomic mass is 16.4. The van der Waals surface area contributed by atoms with Crippen LogP contribution >= 0.6 is 0 Å². The summed E-state index contributed by atoms with van der Waals surface area (Å²) in [5.74, 6) is -1.35. The third kappa shape index (κ3) is 1.88. The Morgan fingerprint density at radius 1 is 1.62 bits per heavy atom. The third-order valence-electron chi connectivity index (χ3n) is 2.41. The Bertz CT molecular complexity index is 258. The predicted octanol–water partition coefficient (Wildman–Crippen LogP) is 0.542. The van der Waals surface area contributed by atoms with Gasteiger partial charge in [-0.15, -0.1) is 0 Å². The number of carboxylic acids is 1. The van der Waals surface area contributed by atoms with Gasteiger partial charge in [0.05, 0.1) is 0 Å². The second-order valence-electron chi connectivity index (χ2n) is 3.48. The van der Waals surface area contributed by atoms with Crippen molar-refractivity contribution in [2.24, 2.45) is 5.92 Å². The van der Waals surface area contributed by atoms with E-state index >= 15 is 0 Å². The number of carboxylic acid groups (broad SMARTS) is 1. The molecule has 0 aromatic rings. The highest BCUT2D eigenvalue weighted by Gasteiger charge is 2.48. The SMILES string of the molecule is C=CC(=O)NC(C)(C(=O)O)C1CC1. The van der Waals surface area contributed by atoms with Crippen LogP contribution < -0.4 is 5.32 Å². The van der Waals surface area contributed by atoms with Crippen molar-refractivity contribution in [1.29, 1.82) is 0 Å². The first kappa shape index (κ1) is 9.77. The molecule has 1 atom stereocenters. The van der Waals surface area contributed by atoms with Gasteiger partial charge >= 0.3 is 5.97 Å². The fourth-order valence-corrected chi connectivity index (χ4v) is 1.30. The van der Waals surface area contributed by atoms with Crippen LogP contribution in [0, 0.1) is 5.92 Å². The molecule has 1 aliphatic carbocycles. The van der Waals surface area contributed by atoms with Gasteiger partial charge in [0.1, 0.15) is 5.54 Å². The minimum Gasteiger partial charge on any atom is -0.480 e. The topological polar surface area (TPSA) is 66.4 Å². The lowest BCUT2D eigenvalue weighted by Gasteiger charge is -2.25. The third-order valence-corrected chi connectivity index (χ3v) is 2.41. The first-order valence-electron chi connectivity index (χ1n) is 4.18. The van der Waals surface area contributed by atoms with Gasteiger partial charge in [0, 0.05) is 0 Å². The van der Waals surface area contributed by atoms with E-state index in [0.29, 0.717) is 0 Å². The number of carbonyl (C=O) groups is 2. The van der Waals surface area contributed by atoms with Gasteiger partial charge in [-0.2, -0.15) is 0 Å². The molecule has 0 radical (unpaired) electrons. The highest BCUT2D eigenvalue weighted by molar-refractivity contribution is 5.92. The van der Waals surface area contributed by atoms with Gasteiger partial charge in [-0.3, -0.25) is 4.79 Å². The average Bonchev–Trinajstić information content (AvgIpc) is 2.85. The molecule has 2 N–H and O–H groups in total. The molecule has 1 unspecified atom stereocenters. The van der Waals surface area contributed by atoms with Crippen LogP contribution in [-0.2, 0) is 9.59 Å². The van der Waals surface area contributed by atoms with Crippen LogP contribution in [0.4, 0.5) is 0 Å². The van der Waals surface area contributed by atoms with E-state index in [2.05, 4.69) is 11.9 Å². The fourth-order valence-electron chi connectivity index (χ4n) is 1.30. The zero-order valence-corrected chi connectivity index (χ0v) is 7.54. The molecule has 0 saturated heterocycles. The molecule has 72 valence electrons. The molecule has 1 rings (SSSR count). The molecule has 0 spiro atoms. The smallest absolute Gasteiger partial charge is 0.329 e. The second-order valence-corrected chi connectivity index (χ2v) is 3.48. The van der Waals surface area contributed by atoms with E-state index in [0.717, 1.165) is 18.9 Å². The van der Waals surface area contributed by atoms with E-state index in [4.69, 9.17) is 5.11 Å². The fraction of sp³-hybridized carbons (Fsp3) is 0.556. The summed E-state index contributed by atoms with van der Waals surface area (Å²) >= 11 is 0. The Labute approximate surface area is 76.6 Å². The van der Waals surface area contributed by atoms with Crippen molar-refractivity contribution >= 4 is 11.9 Å². The van der Waals surface area contributed by atoms with E-state index in [1.165, 1.54) is 6.92 Å². The van der Waals surface area contributed by atoms with Crippen LogP contribution in [-0.4, -0.2) is 22.5 Å². The van der Waals surface area contributed by atoms with Crippen LogP contribution in [0.25, 0.3) is 0 Å². The molecule has 0 heterocycles. The molecular formula is C9H13NO3. The van der Waals surface area contributed by atoms with E-state index in [-0.39, 0.29) is 5.92 Å². The molecule has 0 aliphatic heterocycles. The van der Waals surface area contributed by atoms with E-state index < -0.39 is 17.4 Å². The zero-order valence-electron chi connectivity index (χ0n) is 7.54. The summed E-state index contributed by atoms with van der Waals surface area (Å²) in [5.41, 5.74) is -1.12. The minimum atomic E-state index is -1.12. The second kappa shape index (κ2) is 3.20. The van der Waals surface area contributed by atoms with Crippen molar-refractivity contribution in [3.05, 3.63) is 12.7 Å². The Hall–Kier alpha value is -1.32. The van der Waals surface area contributed by atoms with E-state index in [1.54, 1.807) is 0 Å². The number of hydrogen-bond donors (Lipinski definition) is 2. The van der Waals surface area contributed by atoms with Gasteiger partial charge in [0.2, 0.25) is 5.91 Å². The summed E-state index contributed by atoms with van der Waals surface area (Å²) in [6, 6.07) is 0. The standard InChI is InChI=1S/C9H13NO3/c1-3-7(11)10-9(2,8(12)13)6-4-5-6/h3,6H,1,4-5H2,2H3,(H,10,11)(H,12,13). The summed E-state index contributed by atoms with van der Waals surface area (Å²) in [4.78, 5) is 21.9. The number of amides is 1. The normalized spacial score (nSPS) is 20.1. The van der Waals surface area contributed by atoms with Crippen molar-refractivity contribution in [3.8, 4) is 0 Å². The molecule has 1 fully saturated rings. The van der Waals surface area contributed by atoms with Crippen molar-refractivity contribution in [2.75, 3.05) is 0 Å². The maximum Gasteiger partial charge on any atom is 0.329 e. The Morgan fingerprint density at radius 3 is 2.46 bits per heavy atom. The molecule has 1 amide bonds. The first-order chi connectivity index (χ1) is 6.00. The number of aliphatic carboxylic acids is 1. The Balaban J connectivity index is 2.72. The maximum atomic E-state index is 11.0. The largest absolute Gasteiger partial charge is 0.480 e. The predicted molar refractivity (Wildman–Crippen MR) is 47.1 cm³/mol. The van der Waals surface area contributed by atoms with Gasteiger partial charge in [-0.05, 0) is 31.8 Å². The van der Waals surface area contributed by atoms with Gasteiger partial charge in [-0.25, -0.2) is 4.79 Å². The summed E-state index contributed by atoms with van der Waals surface area (Å²) < 4.78 is 0. The van der Waals surface area contributed by atoms with Gasteiger partial charge in [0.25, 0.3) is 0 Å². The monoisotopic (exact) mass is 183 g/mol. The molecule has 13 heavy (non-hydrogen) atoms. The van der Waals surface area contributed by atoms with Crippen LogP contribution in [0.2, 0.25) is 0 Å². The van der Waals surface area contributed by atoms with Crippen LogP contribution in [0.1, 0.15) is 19.8 Å². The molecule has 0 bridgehead atoms. The highest BCUT2D eigenvalue weighted by Crippen LogP contribution is 2.39. The minimum absolute atomic E-state index is 0.0638. The maximum absolute atomic E-state index is 11.0. The lowest BCUT2D eigenvalue weighted by Crippen LogP contribution is -2.53. The first-order valence-corrected chi connectivity index (χ1v) is 4.18. The Kier molecular flexibility index (Phi) is 2.40. The van der Waals surface area contributed by atoms with Gasteiger partial charge < -0.3 is 10.4 Å². The van der Waals surface area contributed by atoms with Crippen LogP contribution in [0.15, 0.2) is 12.7 Å². The lowest BCUT2D eigenvalue weighted by molar-refractivity contribution is -0.147.